The molecule has 1 nitrogen and oxygen atoms in total. The molecule has 4 rings (SSSR count). The Labute approximate surface area is 152 Å². The molecule has 0 radical (unpaired) electrons. The van der Waals surface area contributed by atoms with Gasteiger partial charge in [-0.15, -0.1) is 12.4 Å². The summed E-state index contributed by atoms with van der Waals surface area (Å²) in [6.45, 7) is 10.4. The molecule has 0 amide bonds. The number of nitrogens with zero attached hydrogens (tertiary/aromatic N) is 1. The van der Waals surface area contributed by atoms with E-state index < -0.39 is 0 Å². The quantitative estimate of drug-likeness (QED) is 0.716. The number of piperidine rings is 1. The number of likely N-dealkylation sites (tertiary alicyclic amines) is 1. The minimum atomic E-state index is 0. The summed E-state index contributed by atoms with van der Waals surface area (Å²) in [6, 6.07) is 16.4. The van der Waals surface area contributed by atoms with Gasteiger partial charge in [-0.3, -0.25) is 0 Å². The van der Waals surface area contributed by atoms with Crippen LogP contribution in [0.4, 0.5) is 0 Å². The SMILES string of the molecule is CCN1CC[C@H]2[C@@H](c3ccc(C)cc3)c3cc(C)ccc3[C@H]2C1.Cl. The van der Waals surface area contributed by atoms with Crippen LogP contribution in [0.2, 0.25) is 0 Å². The van der Waals surface area contributed by atoms with E-state index in [9.17, 15) is 0 Å². The summed E-state index contributed by atoms with van der Waals surface area (Å²) in [5.41, 5.74) is 7.48. The minimum Gasteiger partial charge on any atom is -0.303 e. The van der Waals surface area contributed by atoms with Crippen LogP contribution in [0.25, 0.3) is 0 Å². The first kappa shape index (κ1) is 17.5. The predicted octanol–water partition coefficient (Wildman–Crippen LogP) is 5.30. The van der Waals surface area contributed by atoms with E-state index in [1.165, 1.54) is 42.7 Å². The second kappa shape index (κ2) is 6.90. The highest BCUT2D eigenvalue weighted by atomic mass is 35.5. The van der Waals surface area contributed by atoms with Crippen molar-refractivity contribution in [3.05, 3.63) is 70.3 Å². The van der Waals surface area contributed by atoms with Gasteiger partial charge in [0.2, 0.25) is 0 Å². The van der Waals surface area contributed by atoms with E-state index in [1.807, 2.05) is 0 Å². The lowest BCUT2D eigenvalue weighted by atomic mass is 9.78. The molecule has 2 heteroatoms. The molecule has 0 saturated carbocycles. The van der Waals surface area contributed by atoms with Gasteiger partial charge in [-0.05, 0) is 56.0 Å². The van der Waals surface area contributed by atoms with Gasteiger partial charge in [0.05, 0.1) is 0 Å². The molecule has 1 heterocycles. The second-order valence-electron chi connectivity index (χ2n) is 7.47. The molecular weight excluding hydrogens is 314 g/mol. The number of likely N-dealkylation sites (N-methyl/N-ethyl adjacent to an activating group) is 1. The zero-order chi connectivity index (χ0) is 16.0. The number of fused-ring (bicyclic) bond motifs is 3. The van der Waals surface area contributed by atoms with E-state index in [-0.39, 0.29) is 12.4 Å². The molecule has 0 N–H and O–H groups in total. The van der Waals surface area contributed by atoms with Gasteiger partial charge in [0.1, 0.15) is 0 Å². The Kier molecular flexibility index (Phi) is 5.03. The fourth-order valence-electron chi connectivity index (χ4n) is 4.79. The van der Waals surface area contributed by atoms with E-state index in [0.717, 1.165) is 5.92 Å². The van der Waals surface area contributed by atoms with Crippen molar-refractivity contribution < 1.29 is 0 Å². The summed E-state index contributed by atoms with van der Waals surface area (Å²) in [5, 5.41) is 0. The predicted molar refractivity (Wildman–Crippen MR) is 104 cm³/mol. The molecule has 2 aliphatic rings. The van der Waals surface area contributed by atoms with Crippen LogP contribution in [0, 0.1) is 19.8 Å². The average Bonchev–Trinajstić information content (AvgIpc) is 2.88. The van der Waals surface area contributed by atoms with E-state index in [4.69, 9.17) is 0 Å². The number of halogens is 1. The van der Waals surface area contributed by atoms with Crippen LogP contribution >= 0.6 is 12.4 Å². The molecule has 0 unspecified atom stereocenters. The van der Waals surface area contributed by atoms with Crippen molar-refractivity contribution in [1.82, 2.24) is 4.90 Å². The van der Waals surface area contributed by atoms with Gasteiger partial charge in [0.25, 0.3) is 0 Å². The average molecular weight is 342 g/mol. The van der Waals surface area contributed by atoms with Crippen LogP contribution in [0.5, 0.6) is 0 Å². The Morgan fingerprint density at radius 3 is 2.38 bits per heavy atom. The molecule has 2 aromatic carbocycles. The van der Waals surface area contributed by atoms with Crippen molar-refractivity contribution in [2.75, 3.05) is 19.6 Å². The maximum Gasteiger partial charge on any atom is 0.0127 e. The van der Waals surface area contributed by atoms with E-state index in [0.29, 0.717) is 11.8 Å². The number of hydrogen-bond donors (Lipinski definition) is 0. The molecule has 1 fully saturated rings. The topological polar surface area (TPSA) is 3.24 Å². The van der Waals surface area contributed by atoms with Gasteiger partial charge >= 0.3 is 0 Å². The van der Waals surface area contributed by atoms with Gasteiger partial charge in [-0.2, -0.15) is 0 Å². The summed E-state index contributed by atoms with van der Waals surface area (Å²) in [4.78, 5) is 2.63. The maximum absolute atomic E-state index is 2.63. The Morgan fingerprint density at radius 2 is 1.67 bits per heavy atom. The van der Waals surface area contributed by atoms with Crippen LogP contribution in [-0.4, -0.2) is 24.5 Å². The van der Waals surface area contributed by atoms with Crippen molar-refractivity contribution in [3.8, 4) is 0 Å². The largest absolute Gasteiger partial charge is 0.303 e. The Morgan fingerprint density at radius 1 is 0.958 bits per heavy atom. The first-order valence-corrected chi connectivity index (χ1v) is 9.06. The molecule has 128 valence electrons. The lowest BCUT2D eigenvalue weighted by Gasteiger charge is -2.37. The fourth-order valence-corrected chi connectivity index (χ4v) is 4.79. The van der Waals surface area contributed by atoms with E-state index in [1.54, 1.807) is 11.1 Å². The van der Waals surface area contributed by atoms with Crippen molar-refractivity contribution in [3.63, 3.8) is 0 Å². The van der Waals surface area contributed by atoms with Crippen molar-refractivity contribution in [2.24, 2.45) is 5.92 Å². The first-order chi connectivity index (χ1) is 11.2. The minimum absolute atomic E-state index is 0. The standard InChI is InChI=1S/C22H27N.ClH/c1-4-23-12-11-19-21(14-23)18-10-7-16(3)13-20(18)22(19)17-8-5-15(2)6-9-17;/h5-10,13,19,21-22H,4,11-12,14H2,1-3H3;1H/t19-,21-,22-;/m1./s1. The van der Waals surface area contributed by atoms with Crippen molar-refractivity contribution in [2.45, 2.75) is 39.0 Å². The number of rotatable bonds is 2. The molecule has 0 bridgehead atoms. The molecule has 1 saturated heterocycles. The Bertz CT molecular complexity index is 706. The molecule has 24 heavy (non-hydrogen) atoms. The highest BCUT2D eigenvalue weighted by Gasteiger charge is 2.43. The Balaban J connectivity index is 0.00000169. The third-order valence-corrected chi connectivity index (χ3v) is 6.04. The van der Waals surface area contributed by atoms with E-state index >= 15 is 0 Å². The van der Waals surface area contributed by atoms with Gasteiger partial charge in [-0.1, -0.05) is 60.5 Å². The van der Waals surface area contributed by atoms with Gasteiger partial charge in [0, 0.05) is 18.4 Å². The first-order valence-electron chi connectivity index (χ1n) is 9.06. The fraction of sp³-hybridized carbons (Fsp3) is 0.455. The van der Waals surface area contributed by atoms with E-state index in [2.05, 4.69) is 68.1 Å². The molecule has 2 aromatic rings. The zero-order valence-corrected chi connectivity index (χ0v) is 15.8. The van der Waals surface area contributed by atoms with Crippen molar-refractivity contribution >= 4 is 12.4 Å². The lowest BCUT2D eigenvalue weighted by Crippen LogP contribution is -2.38. The molecule has 1 aliphatic carbocycles. The summed E-state index contributed by atoms with van der Waals surface area (Å²) in [5.74, 6) is 2.08. The molecule has 0 spiro atoms. The smallest absolute Gasteiger partial charge is 0.0127 e. The number of hydrogen-bond acceptors (Lipinski definition) is 1. The lowest BCUT2D eigenvalue weighted by molar-refractivity contribution is 0.167. The highest BCUT2D eigenvalue weighted by Crippen LogP contribution is 2.53. The van der Waals surface area contributed by atoms with Crippen LogP contribution < -0.4 is 0 Å². The van der Waals surface area contributed by atoms with Crippen LogP contribution in [0.3, 0.4) is 0 Å². The molecule has 1 aliphatic heterocycles. The summed E-state index contributed by atoms with van der Waals surface area (Å²) >= 11 is 0. The van der Waals surface area contributed by atoms with Crippen LogP contribution in [0.1, 0.15) is 53.0 Å². The number of aryl methyl sites for hydroxylation is 2. The number of benzene rings is 2. The van der Waals surface area contributed by atoms with Gasteiger partial charge in [0.15, 0.2) is 0 Å². The summed E-state index contributed by atoms with van der Waals surface area (Å²) < 4.78 is 0. The highest BCUT2D eigenvalue weighted by molar-refractivity contribution is 5.85. The molecular formula is C22H28ClN. The van der Waals surface area contributed by atoms with Gasteiger partial charge in [-0.25, -0.2) is 0 Å². The van der Waals surface area contributed by atoms with Gasteiger partial charge < -0.3 is 4.90 Å². The third kappa shape index (κ3) is 2.89. The summed E-state index contributed by atoms with van der Waals surface area (Å²) in [7, 11) is 0. The third-order valence-electron chi connectivity index (χ3n) is 6.04. The van der Waals surface area contributed by atoms with Crippen LogP contribution in [-0.2, 0) is 0 Å². The summed E-state index contributed by atoms with van der Waals surface area (Å²) in [6.07, 6.45) is 1.32. The van der Waals surface area contributed by atoms with Crippen molar-refractivity contribution in [1.29, 1.82) is 0 Å². The molecule has 3 atom stereocenters. The second-order valence-corrected chi connectivity index (χ2v) is 7.47. The van der Waals surface area contributed by atoms with Crippen LogP contribution in [0.15, 0.2) is 42.5 Å². The normalized spacial score (nSPS) is 25.7. The maximum atomic E-state index is 2.63. The molecule has 0 aromatic heterocycles. The Hall–Kier alpha value is -1.31. The zero-order valence-electron chi connectivity index (χ0n) is 15.0. The monoisotopic (exact) mass is 341 g/mol.